The molecule has 1 fully saturated rings. The number of rotatable bonds is 6. The minimum atomic E-state index is -1.26. The summed E-state index contributed by atoms with van der Waals surface area (Å²) in [6.07, 6.45) is 1.39. The van der Waals surface area contributed by atoms with Gasteiger partial charge in [0.25, 0.3) is 0 Å². The quantitative estimate of drug-likeness (QED) is 0.687. The number of alkyl halides is 1. The van der Waals surface area contributed by atoms with Crippen LogP contribution in [0.3, 0.4) is 0 Å². The molecule has 0 amide bonds. The molecule has 0 saturated carbocycles. The average molecular weight is 219 g/mol. The van der Waals surface area contributed by atoms with E-state index in [1.807, 2.05) is 6.92 Å². The minimum Gasteiger partial charge on any atom is -0.379 e. The van der Waals surface area contributed by atoms with E-state index >= 15 is 0 Å². The molecule has 3 nitrogen and oxygen atoms in total. The molecule has 4 heteroatoms. The van der Waals surface area contributed by atoms with Crippen LogP contribution in [-0.4, -0.2) is 44.7 Å². The molecule has 0 aromatic rings. The van der Waals surface area contributed by atoms with Crippen molar-refractivity contribution in [3.63, 3.8) is 0 Å². The number of nitrogens with one attached hydrogen (secondary N) is 1. The summed E-state index contributed by atoms with van der Waals surface area (Å²) in [7, 11) is 0. The molecule has 0 bridgehead atoms. The number of hydrogen-bond donors (Lipinski definition) is 1. The maximum atomic E-state index is 14.0. The van der Waals surface area contributed by atoms with Crippen LogP contribution in [0.1, 0.15) is 26.7 Å². The second-order valence-corrected chi connectivity index (χ2v) is 4.40. The Kier molecular flexibility index (Phi) is 5.50. The van der Waals surface area contributed by atoms with Gasteiger partial charge in [-0.3, -0.25) is 0 Å². The van der Waals surface area contributed by atoms with E-state index in [0.717, 1.165) is 19.6 Å². The van der Waals surface area contributed by atoms with Crippen LogP contribution in [-0.2, 0) is 9.47 Å². The third kappa shape index (κ3) is 5.44. The fourth-order valence-corrected chi connectivity index (χ4v) is 1.75. The standard InChI is InChI=1S/C11H22FNO2/c1-3-5-15-9-11(2,12)7-10-8-14-6-4-13-10/h10,13H,3-9H2,1-2H3. The van der Waals surface area contributed by atoms with Crippen LogP contribution >= 0.6 is 0 Å². The Hall–Kier alpha value is -0.190. The number of halogens is 1. The Morgan fingerprint density at radius 3 is 3.00 bits per heavy atom. The van der Waals surface area contributed by atoms with Crippen LogP contribution in [0.4, 0.5) is 4.39 Å². The van der Waals surface area contributed by atoms with E-state index in [0.29, 0.717) is 19.6 Å². The largest absolute Gasteiger partial charge is 0.379 e. The first-order valence-corrected chi connectivity index (χ1v) is 5.72. The zero-order valence-electron chi connectivity index (χ0n) is 9.72. The first-order valence-electron chi connectivity index (χ1n) is 5.72. The molecule has 1 aliphatic heterocycles. The maximum Gasteiger partial charge on any atom is 0.133 e. The van der Waals surface area contributed by atoms with E-state index in [2.05, 4.69) is 5.32 Å². The molecule has 90 valence electrons. The second kappa shape index (κ2) is 6.40. The SMILES string of the molecule is CCCOCC(C)(F)CC1COCCN1. The molecule has 2 atom stereocenters. The van der Waals surface area contributed by atoms with Crippen LogP contribution in [0.2, 0.25) is 0 Å². The van der Waals surface area contributed by atoms with Crippen LogP contribution in [0.25, 0.3) is 0 Å². The molecule has 0 radical (unpaired) electrons. The molecule has 1 rings (SSSR count). The number of morpholine rings is 1. The van der Waals surface area contributed by atoms with Crippen LogP contribution in [0.15, 0.2) is 0 Å². The first kappa shape index (κ1) is 12.9. The molecule has 0 aromatic carbocycles. The summed E-state index contributed by atoms with van der Waals surface area (Å²) in [5, 5.41) is 3.25. The fourth-order valence-electron chi connectivity index (χ4n) is 1.75. The normalized spacial score (nSPS) is 26.2. The van der Waals surface area contributed by atoms with E-state index in [1.54, 1.807) is 6.92 Å². The zero-order valence-corrected chi connectivity index (χ0v) is 9.72. The smallest absolute Gasteiger partial charge is 0.133 e. The van der Waals surface area contributed by atoms with Crippen molar-refractivity contribution in [2.45, 2.75) is 38.4 Å². The van der Waals surface area contributed by atoms with Gasteiger partial charge in [0.2, 0.25) is 0 Å². The van der Waals surface area contributed by atoms with E-state index in [4.69, 9.17) is 9.47 Å². The van der Waals surface area contributed by atoms with Crippen molar-refractivity contribution in [3.8, 4) is 0 Å². The molecule has 15 heavy (non-hydrogen) atoms. The van der Waals surface area contributed by atoms with Crippen molar-refractivity contribution in [2.24, 2.45) is 0 Å². The summed E-state index contributed by atoms with van der Waals surface area (Å²) in [6, 6.07) is 0.124. The van der Waals surface area contributed by atoms with Gasteiger partial charge in [0.05, 0.1) is 19.8 Å². The summed E-state index contributed by atoms with van der Waals surface area (Å²) in [5.74, 6) is 0. The number of hydrogen-bond acceptors (Lipinski definition) is 3. The minimum absolute atomic E-state index is 0.124. The predicted octanol–water partition coefficient (Wildman–Crippen LogP) is 1.52. The Morgan fingerprint density at radius 2 is 2.40 bits per heavy atom. The molecule has 1 heterocycles. The van der Waals surface area contributed by atoms with Crippen molar-refractivity contribution in [1.29, 1.82) is 0 Å². The fraction of sp³-hybridized carbons (Fsp3) is 1.00. The maximum absolute atomic E-state index is 14.0. The third-order valence-electron chi connectivity index (χ3n) is 2.42. The van der Waals surface area contributed by atoms with Crippen LogP contribution in [0.5, 0.6) is 0 Å². The van der Waals surface area contributed by atoms with E-state index in [1.165, 1.54) is 0 Å². The molecule has 2 unspecified atom stereocenters. The Bertz CT molecular complexity index is 170. The lowest BCUT2D eigenvalue weighted by atomic mass is 9.99. The Balaban J connectivity index is 2.20. The van der Waals surface area contributed by atoms with Gasteiger partial charge in [-0.1, -0.05) is 6.92 Å². The molecule has 1 aliphatic rings. The lowest BCUT2D eigenvalue weighted by Crippen LogP contribution is -2.45. The summed E-state index contributed by atoms with van der Waals surface area (Å²) in [5.41, 5.74) is -1.26. The van der Waals surface area contributed by atoms with Crippen molar-refractivity contribution in [2.75, 3.05) is 33.0 Å². The molecular weight excluding hydrogens is 197 g/mol. The highest BCUT2D eigenvalue weighted by Gasteiger charge is 2.29. The van der Waals surface area contributed by atoms with Crippen molar-refractivity contribution >= 4 is 0 Å². The first-order chi connectivity index (χ1) is 7.14. The van der Waals surface area contributed by atoms with E-state index in [9.17, 15) is 4.39 Å². The van der Waals surface area contributed by atoms with Crippen LogP contribution < -0.4 is 5.32 Å². The molecule has 0 aliphatic carbocycles. The highest BCUT2D eigenvalue weighted by atomic mass is 19.1. The summed E-state index contributed by atoms with van der Waals surface area (Å²) in [4.78, 5) is 0. The summed E-state index contributed by atoms with van der Waals surface area (Å²) >= 11 is 0. The highest BCUT2D eigenvalue weighted by molar-refractivity contribution is 4.82. The van der Waals surface area contributed by atoms with Gasteiger partial charge in [0.1, 0.15) is 5.67 Å². The summed E-state index contributed by atoms with van der Waals surface area (Å²) < 4.78 is 24.5. The third-order valence-corrected chi connectivity index (χ3v) is 2.42. The molecule has 0 aromatic heterocycles. The van der Waals surface area contributed by atoms with Gasteiger partial charge in [-0.2, -0.15) is 0 Å². The molecule has 1 N–H and O–H groups in total. The Morgan fingerprint density at radius 1 is 1.60 bits per heavy atom. The second-order valence-electron chi connectivity index (χ2n) is 4.40. The van der Waals surface area contributed by atoms with E-state index < -0.39 is 5.67 Å². The number of ether oxygens (including phenoxy) is 2. The molecule has 1 saturated heterocycles. The molecular formula is C11H22FNO2. The topological polar surface area (TPSA) is 30.5 Å². The highest BCUT2D eigenvalue weighted by Crippen LogP contribution is 2.19. The van der Waals surface area contributed by atoms with Gasteiger partial charge in [-0.05, 0) is 13.3 Å². The lowest BCUT2D eigenvalue weighted by Gasteiger charge is -2.29. The van der Waals surface area contributed by atoms with Gasteiger partial charge in [-0.15, -0.1) is 0 Å². The predicted molar refractivity (Wildman–Crippen MR) is 57.8 cm³/mol. The van der Waals surface area contributed by atoms with Gasteiger partial charge in [-0.25, -0.2) is 4.39 Å². The van der Waals surface area contributed by atoms with Crippen molar-refractivity contribution in [3.05, 3.63) is 0 Å². The van der Waals surface area contributed by atoms with Gasteiger partial charge < -0.3 is 14.8 Å². The molecule has 0 spiro atoms. The van der Waals surface area contributed by atoms with Gasteiger partial charge in [0, 0.05) is 25.6 Å². The Labute approximate surface area is 91.3 Å². The van der Waals surface area contributed by atoms with Crippen molar-refractivity contribution in [1.82, 2.24) is 5.32 Å². The average Bonchev–Trinajstić information content (AvgIpc) is 2.18. The van der Waals surface area contributed by atoms with Gasteiger partial charge >= 0.3 is 0 Å². The van der Waals surface area contributed by atoms with Crippen LogP contribution in [0, 0.1) is 0 Å². The zero-order chi connectivity index (χ0) is 11.1. The summed E-state index contributed by atoms with van der Waals surface area (Å²) in [6.45, 7) is 6.58. The lowest BCUT2D eigenvalue weighted by molar-refractivity contribution is -0.00320. The van der Waals surface area contributed by atoms with E-state index in [-0.39, 0.29) is 12.6 Å². The monoisotopic (exact) mass is 219 g/mol. The van der Waals surface area contributed by atoms with Crippen molar-refractivity contribution < 1.29 is 13.9 Å². The van der Waals surface area contributed by atoms with Gasteiger partial charge in [0.15, 0.2) is 0 Å².